The molecule has 0 aromatic heterocycles. The smallest absolute Gasteiger partial charge is 0.243 e. The molecule has 0 spiro atoms. The van der Waals surface area contributed by atoms with Crippen LogP contribution in [0.3, 0.4) is 0 Å². The molecule has 4 nitrogen and oxygen atoms in total. The minimum absolute atomic E-state index is 0.250. The van der Waals surface area contributed by atoms with E-state index in [9.17, 15) is 17.2 Å². The third-order valence-electron chi connectivity index (χ3n) is 2.50. The monoisotopic (exact) mass is 324 g/mol. The van der Waals surface area contributed by atoms with Crippen molar-refractivity contribution in [2.45, 2.75) is 24.4 Å². The zero-order valence-electron chi connectivity index (χ0n) is 11.5. The summed E-state index contributed by atoms with van der Waals surface area (Å²) in [6.45, 7) is 1.92. The Balaban J connectivity index is 3.16. The van der Waals surface area contributed by atoms with Gasteiger partial charge < -0.3 is 5.32 Å². The molecule has 0 heterocycles. The first-order chi connectivity index (χ1) is 9.31. The third-order valence-corrected chi connectivity index (χ3v) is 4.92. The van der Waals surface area contributed by atoms with Crippen LogP contribution in [0.4, 0.5) is 8.78 Å². The fraction of sp³-hybridized carbons (Fsp3) is 0.500. The Labute approximate surface area is 122 Å². The first kappa shape index (κ1) is 17.4. The topological polar surface area (TPSA) is 58.2 Å². The summed E-state index contributed by atoms with van der Waals surface area (Å²) in [5, 5.41) is 2.76. The second-order valence-electron chi connectivity index (χ2n) is 4.40. The average Bonchev–Trinajstić information content (AvgIpc) is 2.33. The maximum atomic E-state index is 13.7. The Kier molecular flexibility index (Phi) is 6.38. The standard InChI is InChI=1S/C12H18F2N2O2S2/c1-8(7-19-3)16-20(17,18)11-5-9(6-15-2)4-10(13)12(11)14/h4-5,8,15-16H,6-7H2,1-3H3. The van der Waals surface area contributed by atoms with Crippen molar-refractivity contribution in [3.05, 3.63) is 29.3 Å². The lowest BCUT2D eigenvalue weighted by molar-refractivity contribution is 0.480. The van der Waals surface area contributed by atoms with Crippen LogP contribution in [0.5, 0.6) is 0 Å². The molecule has 0 radical (unpaired) electrons. The van der Waals surface area contributed by atoms with Gasteiger partial charge in [-0.15, -0.1) is 0 Å². The molecule has 0 aliphatic rings. The summed E-state index contributed by atoms with van der Waals surface area (Å²) < 4.78 is 53.7. The lowest BCUT2D eigenvalue weighted by Gasteiger charge is -2.14. The van der Waals surface area contributed by atoms with Gasteiger partial charge in [0.2, 0.25) is 10.0 Å². The molecule has 2 N–H and O–H groups in total. The van der Waals surface area contributed by atoms with Gasteiger partial charge in [0.1, 0.15) is 4.90 Å². The van der Waals surface area contributed by atoms with Crippen molar-refractivity contribution in [2.24, 2.45) is 0 Å². The van der Waals surface area contributed by atoms with Crippen LogP contribution >= 0.6 is 11.8 Å². The molecule has 1 aromatic rings. The summed E-state index contributed by atoms with van der Waals surface area (Å²) in [7, 11) is -2.45. The van der Waals surface area contributed by atoms with Crippen molar-refractivity contribution in [1.82, 2.24) is 10.0 Å². The van der Waals surface area contributed by atoms with Gasteiger partial charge in [0.15, 0.2) is 11.6 Å². The summed E-state index contributed by atoms with van der Waals surface area (Å²) in [5.41, 5.74) is 0.365. The Bertz CT molecular complexity index is 565. The number of rotatable bonds is 7. The van der Waals surface area contributed by atoms with Crippen LogP contribution in [0.1, 0.15) is 12.5 Å². The molecule has 0 fully saturated rings. The SMILES string of the molecule is CNCc1cc(F)c(F)c(S(=O)(=O)NC(C)CSC)c1. The summed E-state index contributed by atoms with van der Waals surface area (Å²) >= 11 is 1.46. The zero-order valence-corrected chi connectivity index (χ0v) is 13.2. The molecule has 0 saturated heterocycles. The molecule has 20 heavy (non-hydrogen) atoms. The van der Waals surface area contributed by atoms with Crippen LogP contribution in [0, 0.1) is 11.6 Å². The Morgan fingerprint density at radius 3 is 2.55 bits per heavy atom. The average molecular weight is 324 g/mol. The van der Waals surface area contributed by atoms with Crippen LogP contribution in [-0.4, -0.2) is 33.5 Å². The van der Waals surface area contributed by atoms with E-state index >= 15 is 0 Å². The number of nitrogens with one attached hydrogen (secondary N) is 2. The van der Waals surface area contributed by atoms with Gasteiger partial charge in [0, 0.05) is 18.3 Å². The normalized spacial score (nSPS) is 13.4. The molecule has 0 amide bonds. The molecule has 0 aliphatic carbocycles. The van der Waals surface area contributed by atoms with E-state index < -0.39 is 26.6 Å². The fourth-order valence-electron chi connectivity index (χ4n) is 1.73. The summed E-state index contributed by atoms with van der Waals surface area (Å²) in [5.74, 6) is -1.98. The van der Waals surface area contributed by atoms with E-state index in [0.717, 1.165) is 12.1 Å². The first-order valence-electron chi connectivity index (χ1n) is 5.95. The van der Waals surface area contributed by atoms with Crippen LogP contribution in [0.2, 0.25) is 0 Å². The molecule has 0 saturated carbocycles. The molecular formula is C12H18F2N2O2S2. The lowest BCUT2D eigenvalue weighted by atomic mass is 10.2. The highest BCUT2D eigenvalue weighted by Gasteiger charge is 2.24. The van der Waals surface area contributed by atoms with E-state index in [1.807, 2.05) is 6.26 Å². The van der Waals surface area contributed by atoms with E-state index in [4.69, 9.17) is 0 Å². The lowest BCUT2D eigenvalue weighted by Crippen LogP contribution is -2.35. The van der Waals surface area contributed by atoms with Crippen LogP contribution in [-0.2, 0) is 16.6 Å². The van der Waals surface area contributed by atoms with Gasteiger partial charge in [-0.25, -0.2) is 21.9 Å². The van der Waals surface area contributed by atoms with Gasteiger partial charge in [-0.05, 0) is 37.9 Å². The van der Waals surface area contributed by atoms with Crippen molar-refractivity contribution in [1.29, 1.82) is 0 Å². The first-order valence-corrected chi connectivity index (χ1v) is 8.83. The van der Waals surface area contributed by atoms with E-state index in [1.54, 1.807) is 14.0 Å². The fourth-order valence-corrected chi connectivity index (χ4v) is 3.80. The predicted molar refractivity (Wildman–Crippen MR) is 77.3 cm³/mol. The van der Waals surface area contributed by atoms with Gasteiger partial charge in [-0.2, -0.15) is 11.8 Å². The van der Waals surface area contributed by atoms with Crippen molar-refractivity contribution < 1.29 is 17.2 Å². The number of benzene rings is 1. The Hall–Kier alpha value is -0.700. The van der Waals surface area contributed by atoms with E-state index in [0.29, 0.717) is 11.3 Å². The van der Waals surface area contributed by atoms with Gasteiger partial charge in [-0.1, -0.05) is 0 Å². The second-order valence-corrected chi connectivity index (χ2v) is 6.99. The molecule has 0 bridgehead atoms. The molecule has 8 heteroatoms. The largest absolute Gasteiger partial charge is 0.316 e. The molecule has 1 aromatic carbocycles. The van der Waals surface area contributed by atoms with E-state index in [1.165, 1.54) is 11.8 Å². The quantitative estimate of drug-likeness (QED) is 0.802. The molecule has 0 aliphatic heterocycles. The van der Waals surface area contributed by atoms with Crippen LogP contribution in [0.15, 0.2) is 17.0 Å². The molecule has 114 valence electrons. The highest BCUT2D eigenvalue weighted by Crippen LogP contribution is 2.20. The van der Waals surface area contributed by atoms with Crippen LogP contribution < -0.4 is 10.0 Å². The van der Waals surface area contributed by atoms with Gasteiger partial charge >= 0.3 is 0 Å². The van der Waals surface area contributed by atoms with Gasteiger partial charge in [0.25, 0.3) is 0 Å². The number of hydrogen-bond donors (Lipinski definition) is 2. The molecule has 1 rings (SSSR count). The predicted octanol–water partition coefficient (Wildman–Crippen LogP) is 1.71. The maximum Gasteiger partial charge on any atom is 0.243 e. The number of halogens is 2. The Morgan fingerprint density at radius 2 is 2.00 bits per heavy atom. The van der Waals surface area contributed by atoms with Crippen molar-refractivity contribution in [3.8, 4) is 0 Å². The van der Waals surface area contributed by atoms with E-state index in [2.05, 4.69) is 10.0 Å². The van der Waals surface area contributed by atoms with Crippen molar-refractivity contribution >= 4 is 21.8 Å². The van der Waals surface area contributed by atoms with Gasteiger partial charge in [-0.3, -0.25) is 0 Å². The van der Waals surface area contributed by atoms with Gasteiger partial charge in [0.05, 0.1) is 0 Å². The highest BCUT2D eigenvalue weighted by molar-refractivity contribution is 7.98. The summed E-state index contributed by atoms with van der Waals surface area (Å²) in [6.07, 6.45) is 1.83. The number of thioether (sulfide) groups is 1. The highest BCUT2D eigenvalue weighted by atomic mass is 32.2. The number of sulfonamides is 1. The zero-order chi connectivity index (χ0) is 15.3. The Morgan fingerprint density at radius 1 is 1.35 bits per heavy atom. The minimum Gasteiger partial charge on any atom is -0.316 e. The number of hydrogen-bond acceptors (Lipinski definition) is 4. The molecular weight excluding hydrogens is 306 g/mol. The van der Waals surface area contributed by atoms with E-state index in [-0.39, 0.29) is 12.6 Å². The molecule has 1 atom stereocenters. The van der Waals surface area contributed by atoms with Crippen molar-refractivity contribution in [3.63, 3.8) is 0 Å². The molecule has 1 unspecified atom stereocenters. The minimum atomic E-state index is -4.08. The third kappa shape index (κ3) is 4.41. The summed E-state index contributed by atoms with van der Waals surface area (Å²) in [4.78, 5) is -0.657. The van der Waals surface area contributed by atoms with Crippen molar-refractivity contribution in [2.75, 3.05) is 19.1 Å². The second kappa shape index (κ2) is 7.35. The summed E-state index contributed by atoms with van der Waals surface area (Å²) in [6, 6.07) is 1.75. The maximum absolute atomic E-state index is 13.7. The van der Waals surface area contributed by atoms with Crippen LogP contribution in [0.25, 0.3) is 0 Å².